The van der Waals surface area contributed by atoms with Crippen LogP contribution in [-0.4, -0.2) is 13.1 Å². The maximum absolute atomic E-state index is 11.2. The van der Waals surface area contributed by atoms with Gasteiger partial charge in [-0.3, -0.25) is 0 Å². The van der Waals surface area contributed by atoms with Crippen molar-refractivity contribution < 1.29 is 9.53 Å². The Labute approximate surface area is 109 Å². The first-order valence-corrected chi connectivity index (χ1v) is 5.48. The van der Waals surface area contributed by atoms with E-state index in [1.165, 1.54) is 7.11 Å². The van der Waals surface area contributed by atoms with Gasteiger partial charge in [-0.25, -0.2) is 4.79 Å². The van der Waals surface area contributed by atoms with Gasteiger partial charge in [-0.1, -0.05) is 26.0 Å². The zero-order valence-corrected chi connectivity index (χ0v) is 11.3. The predicted molar refractivity (Wildman–Crippen MR) is 71.4 cm³/mol. The number of carbonyl (C=O) groups excluding carboxylic acids is 1. The van der Waals surface area contributed by atoms with Crippen LogP contribution in [0.15, 0.2) is 24.3 Å². The van der Waals surface area contributed by atoms with E-state index in [1.807, 2.05) is 12.1 Å². The number of esters is 1. The number of rotatable bonds is 4. The summed E-state index contributed by atoms with van der Waals surface area (Å²) in [7, 11) is 1.38. The van der Waals surface area contributed by atoms with Crippen molar-refractivity contribution in [1.29, 1.82) is 0 Å². The zero-order chi connectivity index (χ0) is 12.1. The molecule has 0 radical (unpaired) electrons. The van der Waals surface area contributed by atoms with E-state index in [2.05, 4.69) is 18.6 Å². The average molecular weight is 258 g/mol. The molecule has 2 N–H and O–H groups in total. The molecule has 96 valence electrons. The molecule has 0 bridgehead atoms. The molecule has 1 aromatic carbocycles. The number of ether oxygens (including phenoxy) is 1. The maximum atomic E-state index is 11.2. The Morgan fingerprint density at radius 2 is 1.82 bits per heavy atom. The SMILES string of the molecule is COC(=O)c1ccc([C@H](N)CC(C)C)cc1.Cl. The molecule has 1 aromatic rings. The molecule has 4 heteroatoms. The van der Waals surface area contributed by atoms with E-state index in [9.17, 15) is 4.79 Å². The quantitative estimate of drug-likeness (QED) is 0.844. The van der Waals surface area contributed by atoms with Gasteiger partial charge in [0.25, 0.3) is 0 Å². The Hall–Kier alpha value is -1.06. The normalized spacial score (nSPS) is 11.8. The molecule has 0 aliphatic carbocycles. The largest absolute Gasteiger partial charge is 0.465 e. The third kappa shape index (κ3) is 4.75. The Bertz CT molecular complexity index is 349. The number of nitrogens with two attached hydrogens (primary N) is 1. The number of halogens is 1. The predicted octanol–water partition coefficient (Wildman–Crippen LogP) is 2.94. The molecule has 0 amide bonds. The number of hydrogen-bond donors (Lipinski definition) is 1. The van der Waals surface area contributed by atoms with Crippen LogP contribution < -0.4 is 5.73 Å². The van der Waals surface area contributed by atoms with E-state index < -0.39 is 0 Å². The molecule has 17 heavy (non-hydrogen) atoms. The van der Waals surface area contributed by atoms with Crippen molar-refractivity contribution >= 4 is 18.4 Å². The highest BCUT2D eigenvalue weighted by Gasteiger charge is 2.10. The van der Waals surface area contributed by atoms with E-state index in [-0.39, 0.29) is 24.4 Å². The van der Waals surface area contributed by atoms with Gasteiger partial charge in [0.2, 0.25) is 0 Å². The standard InChI is InChI=1S/C13H19NO2.ClH/c1-9(2)8-12(14)10-4-6-11(7-5-10)13(15)16-3;/h4-7,9,12H,8,14H2,1-3H3;1H/t12-;/m1./s1. The number of carbonyl (C=O) groups is 1. The van der Waals surface area contributed by atoms with Gasteiger partial charge < -0.3 is 10.5 Å². The molecule has 0 fully saturated rings. The minimum absolute atomic E-state index is 0. The molecule has 0 saturated carbocycles. The summed E-state index contributed by atoms with van der Waals surface area (Å²) in [6, 6.07) is 7.31. The van der Waals surface area contributed by atoms with E-state index in [0.717, 1.165) is 12.0 Å². The van der Waals surface area contributed by atoms with Gasteiger partial charge in [-0.2, -0.15) is 0 Å². The summed E-state index contributed by atoms with van der Waals surface area (Å²) in [6.07, 6.45) is 0.942. The summed E-state index contributed by atoms with van der Waals surface area (Å²) in [5.41, 5.74) is 7.65. The smallest absolute Gasteiger partial charge is 0.337 e. The van der Waals surface area contributed by atoms with Crippen LogP contribution >= 0.6 is 12.4 Å². The molecule has 0 unspecified atom stereocenters. The fraction of sp³-hybridized carbons (Fsp3) is 0.462. The monoisotopic (exact) mass is 257 g/mol. The summed E-state index contributed by atoms with van der Waals surface area (Å²) in [5, 5.41) is 0. The highest BCUT2D eigenvalue weighted by atomic mass is 35.5. The Balaban J connectivity index is 0.00000256. The molecular formula is C13H20ClNO2. The molecule has 1 rings (SSSR count). The zero-order valence-electron chi connectivity index (χ0n) is 10.5. The molecule has 0 saturated heterocycles. The third-order valence-corrected chi connectivity index (χ3v) is 2.49. The lowest BCUT2D eigenvalue weighted by molar-refractivity contribution is 0.0600. The van der Waals surface area contributed by atoms with Crippen molar-refractivity contribution in [2.24, 2.45) is 11.7 Å². The van der Waals surface area contributed by atoms with Crippen LogP contribution in [-0.2, 0) is 4.74 Å². The summed E-state index contributed by atoms with van der Waals surface area (Å²) in [4.78, 5) is 11.2. The lowest BCUT2D eigenvalue weighted by Gasteiger charge is -2.14. The van der Waals surface area contributed by atoms with Crippen molar-refractivity contribution in [3.63, 3.8) is 0 Å². The van der Waals surface area contributed by atoms with Crippen molar-refractivity contribution in [1.82, 2.24) is 0 Å². The molecule has 0 aliphatic rings. The minimum Gasteiger partial charge on any atom is -0.465 e. The van der Waals surface area contributed by atoms with Crippen molar-refractivity contribution in [3.05, 3.63) is 35.4 Å². The fourth-order valence-corrected chi connectivity index (χ4v) is 1.63. The van der Waals surface area contributed by atoms with Crippen LogP contribution in [0.2, 0.25) is 0 Å². The maximum Gasteiger partial charge on any atom is 0.337 e. The van der Waals surface area contributed by atoms with Gasteiger partial charge in [0.15, 0.2) is 0 Å². The van der Waals surface area contributed by atoms with Gasteiger partial charge in [-0.05, 0) is 30.0 Å². The molecule has 0 spiro atoms. The topological polar surface area (TPSA) is 52.3 Å². The molecule has 3 nitrogen and oxygen atoms in total. The highest BCUT2D eigenvalue weighted by molar-refractivity contribution is 5.89. The molecule has 1 atom stereocenters. The number of benzene rings is 1. The Kier molecular flexibility index (Phi) is 6.85. The summed E-state index contributed by atoms with van der Waals surface area (Å²) in [5.74, 6) is 0.249. The van der Waals surface area contributed by atoms with Gasteiger partial charge in [-0.15, -0.1) is 12.4 Å². The lowest BCUT2D eigenvalue weighted by Crippen LogP contribution is -2.13. The van der Waals surface area contributed by atoms with Crippen molar-refractivity contribution in [2.75, 3.05) is 7.11 Å². The fourth-order valence-electron chi connectivity index (χ4n) is 1.63. The highest BCUT2D eigenvalue weighted by Crippen LogP contribution is 2.19. The first kappa shape index (κ1) is 15.9. The van der Waals surface area contributed by atoms with Crippen LogP contribution in [0, 0.1) is 5.92 Å². The molecule has 0 aromatic heterocycles. The van der Waals surface area contributed by atoms with Gasteiger partial charge >= 0.3 is 5.97 Å². The van der Waals surface area contributed by atoms with E-state index in [4.69, 9.17) is 5.73 Å². The first-order chi connectivity index (χ1) is 7.54. The van der Waals surface area contributed by atoms with Gasteiger partial charge in [0.1, 0.15) is 0 Å². The second-order valence-corrected chi connectivity index (χ2v) is 4.35. The second-order valence-electron chi connectivity index (χ2n) is 4.35. The average Bonchev–Trinajstić information content (AvgIpc) is 2.27. The van der Waals surface area contributed by atoms with Crippen LogP contribution in [0.5, 0.6) is 0 Å². The summed E-state index contributed by atoms with van der Waals surface area (Å²) in [6.45, 7) is 4.28. The van der Waals surface area contributed by atoms with Crippen LogP contribution in [0.25, 0.3) is 0 Å². The molecule has 0 aliphatic heterocycles. The van der Waals surface area contributed by atoms with Crippen molar-refractivity contribution in [3.8, 4) is 0 Å². The van der Waals surface area contributed by atoms with Crippen molar-refractivity contribution in [2.45, 2.75) is 26.3 Å². The number of methoxy groups -OCH3 is 1. The number of hydrogen-bond acceptors (Lipinski definition) is 3. The van der Waals surface area contributed by atoms with E-state index in [0.29, 0.717) is 11.5 Å². The van der Waals surface area contributed by atoms with E-state index in [1.54, 1.807) is 12.1 Å². The third-order valence-electron chi connectivity index (χ3n) is 2.49. The lowest BCUT2D eigenvalue weighted by atomic mass is 9.97. The van der Waals surface area contributed by atoms with Crippen LogP contribution in [0.3, 0.4) is 0 Å². The summed E-state index contributed by atoms with van der Waals surface area (Å²) >= 11 is 0. The Morgan fingerprint density at radius 1 is 1.29 bits per heavy atom. The van der Waals surface area contributed by atoms with Gasteiger partial charge in [0.05, 0.1) is 12.7 Å². The van der Waals surface area contributed by atoms with Crippen LogP contribution in [0.1, 0.15) is 42.2 Å². The molecular weight excluding hydrogens is 238 g/mol. The Morgan fingerprint density at radius 3 is 2.24 bits per heavy atom. The molecule has 0 heterocycles. The van der Waals surface area contributed by atoms with Gasteiger partial charge in [0, 0.05) is 6.04 Å². The summed E-state index contributed by atoms with van der Waals surface area (Å²) < 4.78 is 4.63. The minimum atomic E-state index is -0.316. The van der Waals surface area contributed by atoms with E-state index >= 15 is 0 Å². The van der Waals surface area contributed by atoms with Crippen LogP contribution in [0.4, 0.5) is 0 Å². The first-order valence-electron chi connectivity index (χ1n) is 5.48. The second kappa shape index (κ2) is 7.30.